The van der Waals surface area contributed by atoms with Gasteiger partial charge in [0, 0.05) is 5.41 Å². The fourth-order valence-electron chi connectivity index (χ4n) is 3.33. The van der Waals surface area contributed by atoms with Crippen LogP contribution in [-0.2, 0) is 5.41 Å². The van der Waals surface area contributed by atoms with E-state index in [0.29, 0.717) is 5.82 Å². The Morgan fingerprint density at radius 3 is 2.71 bits per heavy atom. The summed E-state index contributed by atoms with van der Waals surface area (Å²) in [6.07, 6.45) is 6.01. The van der Waals surface area contributed by atoms with Gasteiger partial charge in [0.1, 0.15) is 5.75 Å². The lowest BCUT2D eigenvalue weighted by atomic mass is 9.72. The molecule has 1 aromatic carbocycles. The first-order valence-corrected chi connectivity index (χ1v) is 7.54. The SMILES string of the molecule is COc1cccc(-c2c(N)noc2C2(C)CCCCC2)c1. The molecule has 2 aromatic rings. The summed E-state index contributed by atoms with van der Waals surface area (Å²) < 4.78 is 11.0. The molecule has 1 heterocycles. The van der Waals surface area contributed by atoms with Gasteiger partial charge in [-0.15, -0.1) is 0 Å². The number of methoxy groups -OCH3 is 1. The van der Waals surface area contributed by atoms with E-state index in [4.69, 9.17) is 15.0 Å². The standard InChI is InChI=1S/C17H22N2O2/c1-17(9-4-3-5-10-17)15-14(16(18)19-21-15)12-7-6-8-13(11-12)20-2/h6-8,11H,3-5,9-10H2,1-2H3,(H2,18,19). The van der Waals surface area contributed by atoms with Crippen LogP contribution in [0.5, 0.6) is 5.75 Å². The van der Waals surface area contributed by atoms with Crippen LogP contribution in [0.2, 0.25) is 0 Å². The van der Waals surface area contributed by atoms with Crippen LogP contribution in [0.3, 0.4) is 0 Å². The Labute approximate surface area is 125 Å². The van der Waals surface area contributed by atoms with E-state index in [1.165, 1.54) is 19.3 Å². The highest BCUT2D eigenvalue weighted by Gasteiger charge is 2.36. The Morgan fingerprint density at radius 1 is 1.24 bits per heavy atom. The Bertz CT molecular complexity index is 627. The Hall–Kier alpha value is -1.97. The van der Waals surface area contributed by atoms with E-state index >= 15 is 0 Å². The van der Waals surface area contributed by atoms with E-state index < -0.39 is 0 Å². The molecule has 1 aromatic heterocycles. The summed E-state index contributed by atoms with van der Waals surface area (Å²) >= 11 is 0. The topological polar surface area (TPSA) is 61.3 Å². The van der Waals surface area contributed by atoms with Crippen molar-refractivity contribution in [2.24, 2.45) is 0 Å². The maximum Gasteiger partial charge on any atom is 0.175 e. The van der Waals surface area contributed by atoms with Gasteiger partial charge in [-0.1, -0.05) is 43.5 Å². The quantitative estimate of drug-likeness (QED) is 0.920. The number of anilines is 1. The number of hydrogen-bond acceptors (Lipinski definition) is 4. The molecule has 0 spiro atoms. The third-order valence-electron chi connectivity index (χ3n) is 4.58. The number of benzene rings is 1. The molecule has 2 N–H and O–H groups in total. The Kier molecular flexibility index (Phi) is 3.62. The van der Waals surface area contributed by atoms with E-state index in [0.717, 1.165) is 35.5 Å². The minimum atomic E-state index is 0.0290. The van der Waals surface area contributed by atoms with Gasteiger partial charge < -0.3 is 15.0 Å². The summed E-state index contributed by atoms with van der Waals surface area (Å²) in [6.45, 7) is 2.26. The predicted molar refractivity (Wildman–Crippen MR) is 83.3 cm³/mol. The van der Waals surface area contributed by atoms with Gasteiger partial charge in [0.05, 0.1) is 12.7 Å². The van der Waals surface area contributed by atoms with Crippen molar-refractivity contribution in [1.29, 1.82) is 0 Å². The molecule has 3 rings (SSSR count). The monoisotopic (exact) mass is 286 g/mol. The van der Waals surface area contributed by atoms with Gasteiger partial charge >= 0.3 is 0 Å². The molecule has 4 nitrogen and oxygen atoms in total. The van der Waals surface area contributed by atoms with Crippen molar-refractivity contribution < 1.29 is 9.26 Å². The number of ether oxygens (including phenoxy) is 1. The molecule has 1 aliphatic carbocycles. The van der Waals surface area contributed by atoms with E-state index in [9.17, 15) is 0 Å². The summed E-state index contributed by atoms with van der Waals surface area (Å²) in [4.78, 5) is 0. The molecule has 1 saturated carbocycles. The predicted octanol–water partition coefficient (Wildman–Crippen LogP) is 4.15. The second-order valence-electron chi connectivity index (χ2n) is 6.13. The first-order valence-electron chi connectivity index (χ1n) is 7.54. The lowest BCUT2D eigenvalue weighted by Gasteiger charge is -2.31. The number of nitrogens with two attached hydrogens (primary N) is 1. The summed E-state index contributed by atoms with van der Waals surface area (Å²) in [5.74, 6) is 2.20. The number of nitrogen functional groups attached to an aromatic ring is 1. The van der Waals surface area contributed by atoms with E-state index in [1.807, 2.05) is 24.3 Å². The normalized spacial score (nSPS) is 17.6. The Morgan fingerprint density at radius 2 is 2.00 bits per heavy atom. The lowest BCUT2D eigenvalue weighted by Crippen LogP contribution is -2.25. The fraction of sp³-hybridized carbons (Fsp3) is 0.471. The zero-order valence-corrected chi connectivity index (χ0v) is 12.7. The van der Waals surface area contributed by atoms with Crippen molar-refractivity contribution in [2.45, 2.75) is 44.4 Å². The van der Waals surface area contributed by atoms with Crippen LogP contribution in [-0.4, -0.2) is 12.3 Å². The molecule has 0 atom stereocenters. The Balaban J connectivity index is 2.08. The number of aromatic nitrogens is 1. The van der Waals surface area contributed by atoms with Crippen LogP contribution in [0, 0.1) is 0 Å². The van der Waals surface area contributed by atoms with Gasteiger partial charge in [0.2, 0.25) is 0 Å². The summed E-state index contributed by atoms with van der Waals surface area (Å²) in [5, 5.41) is 4.03. The molecule has 1 fully saturated rings. The molecule has 0 aliphatic heterocycles. The average Bonchev–Trinajstić information content (AvgIpc) is 2.90. The molecular weight excluding hydrogens is 264 g/mol. The summed E-state index contributed by atoms with van der Waals surface area (Å²) in [7, 11) is 1.67. The van der Waals surface area contributed by atoms with Gasteiger partial charge in [-0.25, -0.2) is 0 Å². The maximum absolute atomic E-state index is 6.08. The molecule has 1 aliphatic rings. The van der Waals surface area contributed by atoms with Gasteiger partial charge in [-0.3, -0.25) is 0 Å². The van der Waals surface area contributed by atoms with E-state index in [-0.39, 0.29) is 5.41 Å². The minimum absolute atomic E-state index is 0.0290. The zero-order valence-electron chi connectivity index (χ0n) is 12.7. The molecule has 0 saturated heterocycles. The third-order valence-corrected chi connectivity index (χ3v) is 4.58. The van der Waals surface area contributed by atoms with Crippen LogP contribution < -0.4 is 10.5 Å². The number of hydrogen-bond donors (Lipinski definition) is 1. The molecule has 0 amide bonds. The second kappa shape index (κ2) is 5.43. The highest BCUT2D eigenvalue weighted by atomic mass is 16.5. The highest BCUT2D eigenvalue weighted by molar-refractivity contribution is 5.77. The van der Waals surface area contributed by atoms with Crippen molar-refractivity contribution in [3.8, 4) is 16.9 Å². The number of rotatable bonds is 3. The smallest absolute Gasteiger partial charge is 0.175 e. The fourth-order valence-corrected chi connectivity index (χ4v) is 3.33. The number of nitrogens with zero attached hydrogens (tertiary/aromatic N) is 1. The largest absolute Gasteiger partial charge is 0.497 e. The molecule has 0 bridgehead atoms. The first kappa shape index (κ1) is 14.0. The van der Waals surface area contributed by atoms with Crippen molar-refractivity contribution >= 4 is 5.82 Å². The van der Waals surface area contributed by atoms with Gasteiger partial charge in [0.15, 0.2) is 11.6 Å². The average molecular weight is 286 g/mol. The van der Waals surface area contributed by atoms with Crippen molar-refractivity contribution in [3.63, 3.8) is 0 Å². The van der Waals surface area contributed by atoms with Crippen LogP contribution in [0.15, 0.2) is 28.8 Å². The summed E-state index contributed by atoms with van der Waals surface area (Å²) in [5.41, 5.74) is 8.05. The minimum Gasteiger partial charge on any atom is -0.497 e. The van der Waals surface area contributed by atoms with E-state index in [1.54, 1.807) is 7.11 Å². The third kappa shape index (κ3) is 2.50. The second-order valence-corrected chi connectivity index (χ2v) is 6.13. The first-order chi connectivity index (χ1) is 10.1. The molecule has 4 heteroatoms. The molecular formula is C17H22N2O2. The molecule has 21 heavy (non-hydrogen) atoms. The van der Waals surface area contributed by atoms with Gasteiger partial charge in [-0.2, -0.15) is 0 Å². The van der Waals surface area contributed by atoms with Crippen LogP contribution >= 0.6 is 0 Å². The highest BCUT2D eigenvalue weighted by Crippen LogP contribution is 2.45. The molecule has 0 unspecified atom stereocenters. The van der Waals surface area contributed by atoms with Crippen molar-refractivity contribution in [3.05, 3.63) is 30.0 Å². The molecule has 112 valence electrons. The zero-order chi connectivity index (χ0) is 14.9. The lowest BCUT2D eigenvalue weighted by molar-refractivity contribution is 0.242. The van der Waals surface area contributed by atoms with E-state index in [2.05, 4.69) is 12.1 Å². The van der Waals surface area contributed by atoms with Gasteiger partial charge in [-0.05, 0) is 30.5 Å². The van der Waals surface area contributed by atoms with Gasteiger partial charge in [0.25, 0.3) is 0 Å². The molecule has 0 radical (unpaired) electrons. The maximum atomic E-state index is 6.08. The van der Waals surface area contributed by atoms with Crippen LogP contribution in [0.1, 0.15) is 44.8 Å². The van der Waals surface area contributed by atoms with Crippen LogP contribution in [0.4, 0.5) is 5.82 Å². The van der Waals surface area contributed by atoms with Crippen molar-refractivity contribution in [1.82, 2.24) is 5.16 Å². The van der Waals surface area contributed by atoms with Crippen molar-refractivity contribution in [2.75, 3.05) is 12.8 Å². The summed E-state index contributed by atoms with van der Waals surface area (Å²) in [6, 6.07) is 7.91. The van der Waals surface area contributed by atoms with Crippen LogP contribution in [0.25, 0.3) is 11.1 Å².